The van der Waals surface area contributed by atoms with Crippen LogP contribution in [0, 0.1) is 0 Å². The lowest BCUT2D eigenvalue weighted by Crippen LogP contribution is -2.12. The van der Waals surface area contributed by atoms with Gasteiger partial charge in [0.2, 0.25) is 9.84 Å². The molecule has 0 aromatic heterocycles. The molecule has 0 amide bonds. The zero-order chi connectivity index (χ0) is 18.4. The average Bonchev–Trinajstić information content (AvgIpc) is 2.52. The van der Waals surface area contributed by atoms with Crippen LogP contribution in [-0.2, 0) is 20.0 Å². The van der Waals surface area contributed by atoms with Crippen molar-refractivity contribution in [2.45, 2.75) is 14.7 Å². The maximum Gasteiger partial charge on any atom is 0.296 e. The van der Waals surface area contributed by atoms with Gasteiger partial charge in [0, 0.05) is 10.4 Å². The summed E-state index contributed by atoms with van der Waals surface area (Å²) in [6.45, 7) is 0. The fraction of sp³-hybridized carbons (Fsp3) is 0. The Bertz CT molecular complexity index is 1200. The average molecular weight is 398 g/mol. The zero-order valence-electron chi connectivity index (χ0n) is 12.5. The van der Waals surface area contributed by atoms with E-state index in [-0.39, 0.29) is 21.0 Å². The van der Waals surface area contributed by atoms with Crippen molar-refractivity contribution < 1.29 is 21.4 Å². The van der Waals surface area contributed by atoms with Crippen LogP contribution in [0.4, 0.5) is 5.69 Å². The van der Waals surface area contributed by atoms with E-state index in [2.05, 4.69) is 0 Å². The summed E-state index contributed by atoms with van der Waals surface area (Å²) in [6, 6.07) is 12.6. The minimum atomic E-state index is -4.82. The molecule has 0 spiro atoms. The third-order valence-electron chi connectivity index (χ3n) is 3.65. The highest BCUT2D eigenvalue weighted by Crippen LogP contribution is 2.35. The van der Waals surface area contributed by atoms with E-state index in [0.717, 1.165) is 6.07 Å². The molecule has 0 unspecified atom stereocenters. The molecule has 0 aliphatic carbocycles. The minimum absolute atomic E-state index is 0.0959. The molecule has 0 aliphatic rings. The number of hydrogen-bond donors (Lipinski definition) is 2. The number of rotatable bonds is 3. The molecule has 0 radical (unpaired) electrons. The van der Waals surface area contributed by atoms with Gasteiger partial charge >= 0.3 is 0 Å². The van der Waals surface area contributed by atoms with Crippen LogP contribution in [0.1, 0.15) is 0 Å². The minimum Gasteiger partial charge on any atom is -0.398 e. The fourth-order valence-electron chi connectivity index (χ4n) is 2.58. The van der Waals surface area contributed by atoms with Crippen molar-refractivity contribution in [3.63, 3.8) is 0 Å². The zero-order valence-corrected chi connectivity index (χ0v) is 14.9. The Hall–Kier alpha value is -2.13. The molecular weight excluding hydrogens is 386 g/mol. The van der Waals surface area contributed by atoms with Gasteiger partial charge in [-0.3, -0.25) is 4.55 Å². The summed E-state index contributed by atoms with van der Waals surface area (Å²) < 4.78 is 59.5. The van der Waals surface area contributed by atoms with E-state index in [1.165, 1.54) is 30.3 Å². The summed E-state index contributed by atoms with van der Waals surface area (Å²) in [7, 11) is -9.13. The lowest BCUT2D eigenvalue weighted by Gasteiger charge is -2.13. The predicted octanol–water partition coefficient (Wildman–Crippen LogP) is 3.15. The standard InChI is InChI=1S/C16H12ClNO5S2/c17-11-6-8-14(13(18)9-11)24(19,20)15-7-5-10-3-1-2-4-12(10)16(15)25(21,22)23/h1-9H,18H2,(H,21,22,23). The Labute approximate surface area is 149 Å². The molecule has 0 saturated carbocycles. The van der Waals surface area contributed by atoms with Crippen molar-refractivity contribution in [2.75, 3.05) is 5.73 Å². The van der Waals surface area contributed by atoms with Gasteiger partial charge in [0.1, 0.15) is 4.90 Å². The van der Waals surface area contributed by atoms with Crippen molar-refractivity contribution in [2.24, 2.45) is 0 Å². The maximum atomic E-state index is 13.0. The molecule has 3 aromatic rings. The number of halogens is 1. The Morgan fingerprint density at radius 3 is 2.16 bits per heavy atom. The monoisotopic (exact) mass is 397 g/mol. The second-order valence-corrected chi connectivity index (χ2v) is 8.96. The first-order valence-electron chi connectivity index (χ1n) is 6.92. The second kappa shape index (κ2) is 5.99. The van der Waals surface area contributed by atoms with Gasteiger partial charge in [0.05, 0.1) is 15.5 Å². The number of hydrogen-bond acceptors (Lipinski definition) is 5. The quantitative estimate of drug-likeness (QED) is 0.518. The molecular formula is C16H12ClNO5S2. The van der Waals surface area contributed by atoms with Gasteiger partial charge in [0.25, 0.3) is 10.1 Å². The molecule has 9 heteroatoms. The van der Waals surface area contributed by atoms with Crippen molar-refractivity contribution >= 4 is 48.0 Å². The molecule has 0 atom stereocenters. The third-order valence-corrected chi connectivity index (χ3v) is 6.84. The largest absolute Gasteiger partial charge is 0.398 e. The van der Waals surface area contributed by atoms with E-state index >= 15 is 0 Å². The number of nitrogens with two attached hydrogens (primary N) is 1. The highest BCUT2D eigenvalue weighted by atomic mass is 35.5. The van der Waals surface area contributed by atoms with E-state index in [1.807, 2.05) is 0 Å². The number of nitrogen functional groups attached to an aromatic ring is 1. The first kappa shape index (κ1) is 17.7. The van der Waals surface area contributed by atoms with E-state index in [0.29, 0.717) is 5.39 Å². The van der Waals surface area contributed by atoms with Crippen LogP contribution in [0.15, 0.2) is 69.3 Å². The number of benzene rings is 3. The van der Waals surface area contributed by atoms with E-state index in [4.69, 9.17) is 17.3 Å². The smallest absolute Gasteiger partial charge is 0.296 e. The Morgan fingerprint density at radius 2 is 1.52 bits per heavy atom. The highest BCUT2D eigenvalue weighted by molar-refractivity contribution is 7.93. The molecule has 0 saturated heterocycles. The van der Waals surface area contributed by atoms with Gasteiger partial charge in [-0.1, -0.05) is 41.9 Å². The van der Waals surface area contributed by atoms with Crippen LogP contribution in [0.5, 0.6) is 0 Å². The van der Waals surface area contributed by atoms with E-state index < -0.39 is 29.7 Å². The molecule has 3 rings (SSSR count). The summed E-state index contributed by atoms with van der Waals surface area (Å²) in [5.74, 6) is 0. The van der Waals surface area contributed by atoms with Gasteiger partial charge in [-0.15, -0.1) is 0 Å². The van der Waals surface area contributed by atoms with Gasteiger partial charge < -0.3 is 5.73 Å². The molecule has 6 nitrogen and oxygen atoms in total. The van der Waals surface area contributed by atoms with Crippen LogP contribution in [-0.4, -0.2) is 21.4 Å². The molecule has 25 heavy (non-hydrogen) atoms. The molecule has 3 N–H and O–H groups in total. The Balaban J connectivity index is 2.43. The van der Waals surface area contributed by atoms with E-state index in [1.54, 1.807) is 18.2 Å². The van der Waals surface area contributed by atoms with Crippen LogP contribution in [0.2, 0.25) is 5.02 Å². The first-order chi connectivity index (χ1) is 11.6. The first-order valence-corrected chi connectivity index (χ1v) is 10.2. The van der Waals surface area contributed by atoms with Gasteiger partial charge in [-0.05, 0) is 29.7 Å². The highest BCUT2D eigenvalue weighted by Gasteiger charge is 2.30. The van der Waals surface area contributed by atoms with Crippen LogP contribution in [0.3, 0.4) is 0 Å². The lowest BCUT2D eigenvalue weighted by atomic mass is 10.1. The van der Waals surface area contributed by atoms with E-state index in [9.17, 15) is 21.4 Å². The van der Waals surface area contributed by atoms with Crippen LogP contribution >= 0.6 is 11.6 Å². The van der Waals surface area contributed by atoms with Crippen molar-refractivity contribution in [3.8, 4) is 0 Å². The van der Waals surface area contributed by atoms with Gasteiger partial charge in [0.15, 0.2) is 0 Å². The molecule has 0 fully saturated rings. The number of fused-ring (bicyclic) bond motifs is 1. The van der Waals surface area contributed by atoms with Crippen molar-refractivity contribution in [3.05, 3.63) is 59.6 Å². The van der Waals surface area contributed by atoms with Crippen LogP contribution < -0.4 is 5.73 Å². The maximum absolute atomic E-state index is 13.0. The topological polar surface area (TPSA) is 115 Å². The third kappa shape index (κ3) is 3.09. The van der Waals surface area contributed by atoms with Crippen molar-refractivity contribution in [1.29, 1.82) is 0 Å². The summed E-state index contributed by atoms with van der Waals surface area (Å²) >= 11 is 5.78. The lowest BCUT2D eigenvalue weighted by molar-refractivity contribution is 0.481. The molecule has 0 bridgehead atoms. The van der Waals surface area contributed by atoms with Gasteiger partial charge in [-0.2, -0.15) is 8.42 Å². The number of anilines is 1. The normalized spacial score (nSPS) is 12.4. The molecule has 0 aliphatic heterocycles. The fourth-order valence-corrected chi connectivity index (χ4v) is 5.65. The van der Waals surface area contributed by atoms with Gasteiger partial charge in [-0.25, -0.2) is 8.42 Å². The molecule has 3 aromatic carbocycles. The summed E-state index contributed by atoms with van der Waals surface area (Å²) in [5, 5.41) is 0.807. The summed E-state index contributed by atoms with van der Waals surface area (Å²) in [4.78, 5) is -1.53. The SMILES string of the molecule is Nc1cc(Cl)ccc1S(=O)(=O)c1ccc2ccccc2c1S(=O)(=O)O. The molecule has 0 heterocycles. The Morgan fingerprint density at radius 1 is 0.880 bits per heavy atom. The van der Waals surface area contributed by atoms with Crippen molar-refractivity contribution in [1.82, 2.24) is 0 Å². The summed E-state index contributed by atoms with van der Waals surface area (Å²) in [5.41, 5.74) is 5.62. The predicted molar refractivity (Wildman–Crippen MR) is 95.1 cm³/mol. The summed E-state index contributed by atoms with van der Waals surface area (Å²) in [6.07, 6.45) is 0. The second-order valence-electron chi connectivity index (χ2n) is 5.27. The molecule has 130 valence electrons. The Kier molecular flexibility index (Phi) is 4.24. The number of sulfone groups is 1. The van der Waals surface area contributed by atoms with Crippen LogP contribution in [0.25, 0.3) is 10.8 Å².